The molecule has 0 bridgehead atoms. The van der Waals surface area contributed by atoms with E-state index in [1.54, 1.807) is 6.07 Å². The molecule has 0 aliphatic carbocycles. The number of ether oxygens (including phenoxy) is 1. The van der Waals surface area contributed by atoms with Gasteiger partial charge in [0.2, 0.25) is 0 Å². The molecule has 0 spiro atoms. The van der Waals surface area contributed by atoms with E-state index in [4.69, 9.17) is 10.00 Å². The van der Waals surface area contributed by atoms with Crippen LogP contribution in [0.25, 0.3) is 0 Å². The molecule has 9 heteroatoms. The summed E-state index contributed by atoms with van der Waals surface area (Å²) >= 11 is 0. The maximum absolute atomic E-state index is 13.3. The van der Waals surface area contributed by atoms with Crippen LogP contribution in [0.15, 0.2) is 36.4 Å². The molecule has 2 aromatic rings. The van der Waals surface area contributed by atoms with Crippen LogP contribution in [0.5, 0.6) is 5.75 Å². The van der Waals surface area contributed by atoms with E-state index in [0.29, 0.717) is 6.07 Å². The fraction of sp³-hybridized carbons (Fsp3) is 0.125. The maximum atomic E-state index is 13.3. The number of halogens is 4. The van der Waals surface area contributed by atoms with Crippen molar-refractivity contribution in [2.24, 2.45) is 0 Å². The van der Waals surface area contributed by atoms with E-state index in [9.17, 15) is 22.4 Å². The van der Waals surface area contributed by atoms with Gasteiger partial charge in [-0.3, -0.25) is 15.6 Å². The second-order valence-electron chi connectivity index (χ2n) is 4.80. The number of anilines is 1. The normalized spacial score (nSPS) is 10.7. The number of hydrazine groups is 1. The van der Waals surface area contributed by atoms with Gasteiger partial charge in [-0.15, -0.1) is 0 Å². The minimum absolute atomic E-state index is 0.0204. The van der Waals surface area contributed by atoms with Crippen LogP contribution in [-0.2, 0) is 6.18 Å². The Labute approximate surface area is 139 Å². The Hall–Kier alpha value is -3.28. The number of alkyl halides is 3. The molecular formula is C16H11F4N3O2. The maximum Gasteiger partial charge on any atom is 0.418 e. The smallest absolute Gasteiger partial charge is 0.418 e. The van der Waals surface area contributed by atoms with Gasteiger partial charge in [-0.2, -0.15) is 18.4 Å². The van der Waals surface area contributed by atoms with Gasteiger partial charge in [0, 0.05) is 5.56 Å². The van der Waals surface area contributed by atoms with Gasteiger partial charge in [-0.1, -0.05) is 0 Å². The van der Waals surface area contributed by atoms with Crippen molar-refractivity contribution in [2.45, 2.75) is 6.18 Å². The minimum atomic E-state index is -4.72. The first kappa shape index (κ1) is 18.1. The van der Waals surface area contributed by atoms with Crippen molar-refractivity contribution in [1.29, 1.82) is 5.26 Å². The quantitative estimate of drug-likeness (QED) is 0.652. The summed E-state index contributed by atoms with van der Waals surface area (Å²) in [4.78, 5) is 12.0. The molecule has 0 saturated carbocycles. The number of nitrogens with zero attached hydrogens (tertiary/aromatic N) is 1. The molecule has 1 amide bonds. The standard InChI is InChI=1S/C16H11F4N3O2/c1-25-14-7-10(3-4-12(14)17)15(24)23-22-13-5-2-9(8-21)6-11(13)16(18,19)20/h2-7,22H,1H3,(H,23,24). The molecule has 0 saturated heterocycles. The molecule has 0 aromatic heterocycles. The summed E-state index contributed by atoms with van der Waals surface area (Å²) in [6, 6.07) is 7.72. The lowest BCUT2D eigenvalue weighted by atomic mass is 10.1. The Balaban J connectivity index is 2.21. The van der Waals surface area contributed by atoms with Crippen LogP contribution in [0.3, 0.4) is 0 Å². The van der Waals surface area contributed by atoms with Gasteiger partial charge in [0.15, 0.2) is 11.6 Å². The lowest BCUT2D eigenvalue weighted by Crippen LogP contribution is -2.30. The largest absolute Gasteiger partial charge is 0.494 e. The molecule has 0 aliphatic rings. The number of carbonyl (C=O) groups excluding carboxylic acids is 1. The summed E-state index contributed by atoms with van der Waals surface area (Å²) < 4.78 is 57.2. The molecule has 0 heterocycles. The van der Waals surface area contributed by atoms with Gasteiger partial charge in [0.25, 0.3) is 5.91 Å². The van der Waals surface area contributed by atoms with Gasteiger partial charge >= 0.3 is 6.18 Å². The molecule has 2 rings (SSSR count). The molecule has 2 aromatic carbocycles. The van der Waals surface area contributed by atoms with E-state index in [1.165, 1.54) is 13.2 Å². The highest BCUT2D eigenvalue weighted by Gasteiger charge is 2.34. The van der Waals surface area contributed by atoms with Crippen molar-refractivity contribution in [2.75, 3.05) is 12.5 Å². The third kappa shape index (κ3) is 4.17. The number of carbonyl (C=O) groups is 1. The number of hydrogen-bond donors (Lipinski definition) is 2. The van der Waals surface area contributed by atoms with Crippen LogP contribution in [0.4, 0.5) is 23.2 Å². The molecule has 0 radical (unpaired) electrons. The number of nitrogens with one attached hydrogen (secondary N) is 2. The van der Waals surface area contributed by atoms with Gasteiger partial charge in [0.05, 0.1) is 30.0 Å². The fourth-order valence-corrected chi connectivity index (χ4v) is 1.95. The number of rotatable bonds is 4. The second-order valence-corrected chi connectivity index (χ2v) is 4.80. The predicted molar refractivity (Wildman–Crippen MR) is 80.2 cm³/mol. The molecule has 2 N–H and O–H groups in total. The zero-order valence-corrected chi connectivity index (χ0v) is 12.7. The first-order valence-corrected chi connectivity index (χ1v) is 6.77. The molecule has 0 atom stereocenters. The molecule has 0 fully saturated rings. The summed E-state index contributed by atoms with van der Waals surface area (Å²) in [5.74, 6) is -1.66. The van der Waals surface area contributed by atoms with Crippen LogP contribution in [0.1, 0.15) is 21.5 Å². The van der Waals surface area contributed by atoms with Crippen molar-refractivity contribution < 1.29 is 27.1 Å². The van der Waals surface area contributed by atoms with Gasteiger partial charge in [0.1, 0.15) is 0 Å². The summed E-state index contributed by atoms with van der Waals surface area (Å²) in [7, 11) is 1.21. The van der Waals surface area contributed by atoms with Crippen molar-refractivity contribution >= 4 is 11.6 Å². The van der Waals surface area contributed by atoms with Crippen LogP contribution in [-0.4, -0.2) is 13.0 Å². The Kier molecular flexibility index (Phi) is 5.12. The van der Waals surface area contributed by atoms with Gasteiger partial charge in [-0.25, -0.2) is 4.39 Å². The molecular weight excluding hydrogens is 342 g/mol. The summed E-state index contributed by atoms with van der Waals surface area (Å²) in [5.41, 5.74) is 2.51. The molecule has 25 heavy (non-hydrogen) atoms. The first-order valence-electron chi connectivity index (χ1n) is 6.77. The van der Waals surface area contributed by atoms with E-state index in [-0.39, 0.29) is 16.9 Å². The van der Waals surface area contributed by atoms with Crippen molar-refractivity contribution in [3.05, 3.63) is 58.9 Å². The Morgan fingerprint density at radius 2 is 1.92 bits per heavy atom. The Bertz CT molecular complexity index is 844. The fourth-order valence-electron chi connectivity index (χ4n) is 1.95. The van der Waals surface area contributed by atoms with Crippen molar-refractivity contribution in [1.82, 2.24) is 5.43 Å². The topological polar surface area (TPSA) is 74.2 Å². The summed E-state index contributed by atoms with van der Waals surface area (Å²) in [6.45, 7) is 0. The SMILES string of the molecule is COc1cc(C(=O)NNc2ccc(C#N)cc2C(F)(F)F)ccc1F. The molecule has 0 unspecified atom stereocenters. The van der Waals surface area contributed by atoms with Crippen LogP contribution in [0.2, 0.25) is 0 Å². The number of amides is 1. The van der Waals surface area contributed by atoms with E-state index in [0.717, 1.165) is 24.3 Å². The number of nitriles is 1. The van der Waals surface area contributed by atoms with E-state index in [1.807, 2.05) is 0 Å². The zero-order valence-electron chi connectivity index (χ0n) is 12.7. The van der Waals surface area contributed by atoms with Crippen molar-refractivity contribution in [3.8, 4) is 11.8 Å². The zero-order chi connectivity index (χ0) is 18.6. The molecule has 130 valence electrons. The van der Waals surface area contributed by atoms with Crippen LogP contribution < -0.4 is 15.6 Å². The van der Waals surface area contributed by atoms with E-state index < -0.39 is 29.2 Å². The third-order valence-corrected chi connectivity index (χ3v) is 3.18. The van der Waals surface area contributed by atoms with Crippen molar-refractivity contribution in [3.63, 3.8) is 0 Å². The molecule has 5 nitrogen and oxygen atoms in total. The third-order valence-electron chi connectivity index (χ3n) is 3.18. The number of benzene rings is 2. The van der Waals surface area contributed by atoms with Gasteiger partial charge < -0.3 is 4.74 Å². The van der Waals surface area contributed by atoms with Gasteiger partial charge in [-0.05, 0) is 36.4 Å². The number of methoxy groups -OCH3 is 1. The Morgan fingerprint density at radius 1 is 1.20 bits per heavy atom. The second kappa shape index (κ2) is 7.09. The highest BCUT2D eigenvalue weighted by Crippen LogP contribution is 2.35. The monoisotopic (exact) mass is 353 g/mol. The van der Waals surface area contributed by atoms with Crippen LogP contribution in [0, 0.1) is 17.1 Å². The minimum Gasteiger partial charge on any atom is -0.494 e. The average molecular weight is 353 g/mol. The van der Waals surface area contributed by atoms with E-state index >= 15 is 0 Å². The number of hydrogen-bond acceptors (Lipinski definition) is 4. The van der Waals surface area contributed by atoms with Crippen LogP contribution >= 0.6 is 0 Å². The average Bonchev–Trinajstić information content (AvgIpc) is 2.59. The highest BCUT2D eigenvalue weighted by molar-refractivity contribution is 5.95. The highest BCUT2D eigenvalue weighted by atomic mass is 19.4. The lowest BCUT2D eigenvalue weighted by Gasteiger charge is -2.15. The van der Waals surface area contributed by atoms with E-state index in [2.05, 4.69) is 10.9 Å². The summed E-state index contributed by atoms with van der Waals surface area (Å²) in [5, 5.41) is 8.71. The first-order chi connectivity index (χ1) is 11.8. The predicted octanol–water partition coefficient (Wildman–Crippen LogP) is 3.48. The lowest BCUT2D eigenvalue weighted by molar-refractivity contribution is -0.137. The Morgan fingerprint density at radius 3 is 2.52 bits per heavy atom. The molecule has 0 aliphatic heterocycles. The summed E-state index contributed by atoms with van der Waals surface area (Å²) in [6.07, 6.45) is -4.72.